The first kappa shape index (κ1) is 13.4. The molecule has 0 saturated carbocycles. The number of nitrogens with zero attached hydrogens (tertiary/aromatic N) is 4. The number of carboxylic acids is 1. The molecule has 8 nitrogen and oxygen atoms in total. The smallest absolute Gasteiger partial charge is 0.328 e. The van der Waals surface area contributed by atoms with Crippen molar-refractivity contribution in [1.82, 2.24) is 20.2 Å². The summed E-state index contributed by atoms with van der Waals surface area (Å²) in [6.07, 6.45) is 1.71. The van der Waals surface area contributed by atoms with Crippen LogP contribution in [0.3, 0.4) is 0 Å². The van der Waals surface area contributed by atoms with Crippen LogP contribution in [-0.2, 0) is 9.59 Å². The number of anilines is 1. The first-order valence-corrected chi connectivity index (χ1v) is 5.63. The Morgan fingerprint density at radius 2 is 2.15 bits per heavy atom. The van der Waals surface area contributed by atoms with Gasteiger partial charge in [0.1, 0.15) is 0 Å². The van der Waals surface area contributed by atoms with Crippen molar-refractivity contribution in [2.75, 3.05) is 5.32 Å². The first-order valence-electron chi connectivity index (χ1n) is 5.63. The van der Waals surface area contributed by atoms with E-state index < -0.39 is 11.9 Å². The van der Waals surface area contributed by atoms with Crippen LogP contribution in [0.25, 0.3) is 5.69 Å². The lowest BCUT2D eigenvalue weighted by atomic mass is 10.2. The van der Waals surface area contributed by atoms with Gasteiger partial charge in [-0.3, -0.25) is 4.79 Å². The Bertz CT molecular complexity index is 677. The van der Waals surface area contributed by atoms with Gasteiger partial charge in [-0.05, 0) is 35.5 Å². The molecule has 0 aliphatic rings. The van der Waals surface area contributed by atoms with Crippen LogP contribution in [0.5, 0.6) is 0 Å². The number of rotatable bonds is 4. The van der Waals surface area contributed by atoms with Gasteiger partial charge in [-0.2, -0.15) is 4.68 Å². The topological polar surface area (TPSA) is 110 Å². The molecule has 0 unspecified atom stereocenters. The van der Waals surface area contributed by atoms with E-state index >= 15 is 0 Å². The molecule has 0 saturated heterocycles. The summed E-state index contributed by atoms with van der Waals surface area (Å²) in [5, 5.41) is 22.1. The van der Waals surface area contributed by atoms with E-state index in [2.05, 4.69) is 20.8 Å². The second-order valence-corrected chi connectivity index (χ2v) is 3.85. The van der Waals surface area contributed by atoms with Crippen molar-refractivity contribution in [1.29, 1.82) is 0 Å². The molecule has 0 aliphatic carbocycles. The molecule has 102 valence electrons. The molecular formula is C12H11N5O3. The van der Waals surface area contributed by atoms with E-state index in [4.69, 9.17) is 5.11 Å². The number of hydrogen-bond donors (Lipinski definition) is 2. The zero-order valence-corrected chi connectivity index (χ0v) is 10.5. The third-order valence-corrected chi connectivity index (χ3v) is 2.36. The quantitative estimate of drug-likeness (QED) is 0.787. The number of nitrogens with one attached hydrogen (secondary N) is 1. The normalized spacial score (nSPS) is 10.7. The summed E-state index contributed by atoms with van der Waals surface area (Å²) in [5.74, 6) is -1.10. The summed E-state index contributed by atoms with van der Waals surface area (Å²) >= 11 is 0. The van der Waals surface area contributed by atoms with Gasteiger partial charge in [0.05, 0.1) is 5.69 Å². The Labute approximate surface area is 113 Å². The predicted octanol–water partition coefficient (Wildman–Crippen LogP) is 0.550. The summed E-state index contributed by atoms with van der Waals surface area (Å²) in [4.78, 5) is 21.8. The Morgan fingerprint density at radius 3 is 2.80 bits per heavy atom. The number of carbonyl (C=O) groups excluding carboxylic acids is 1. The number of carbonyl (C=O) groups is 2. The van der Waals surface area contributed by atoms with Crippen LogP contribution >= 0.6 is 0 Å². The van der Waals surface area contributed by atoms with Crippen molar-refractivity contribution < 1.29 is 14.7 Å². The Morgan fingerprint density at radius 1 is 1.35 bits per heavy atom. The Kier molecular flexibility index (Phi) is 3.85. The Hall–Kier alpha value is -3.03. The SMILES string of the molecule is Cc1nnnn1-c1cccc(NC(=O)/C=C/C(=O)O)c1. The molecule has 8 heteroatoms. The molecule has 0 radical (unpaired) electrons. The van der Waals surface area contributed by atoms with Crippen molar-refractivity contribution in [2.45, 2.75) is 6.92 Å². The Balaban J connectivity index is 2.17. The lowest BCUT2D eigenvalue weighted by molar-refractivity contribution is -0.131. The number of benzene rings is 1. The zero-order valence-electron chi connectivity index (χ0n) is 10.5. The van der Waals surface area contributed by atoms with Gasteiger partial charge >= 0.3 is 5.97 Å². The van der Waals surface area contributed by atoms with Gasteiger partial charge in [0, 0.05) is 17.8 Å². The fourth-order valence-electron chi connectivity index (χ4n) is 1.52. The van der Waals surface area contributed by atoms with E-state index in [1.54, 1.807) is 31.2 Å². The lowest BCUT2D eigenvalue weighted by Gasteiger charge is -2.05. The maximum Gasteiger partial charge on any atom is 0.328 e. The molecule has 1 aromatic heterocycles. The minimum absolute atomic E-state index is 0.512. The number of hydrogen-bond acceptors (Lipinski definition) is 5. The standard InChI is InChI=1S/C12H11N5O3/c1-8-14-15-16-17(8)10-4-2-3-9(7-10)13-11(18)5-6-12(19)20/h2-7H,1H3,(H,13,18)(H,19,20)/b6-5+. The molecule has 2 rings (SSSR count). The molecule has 2 aromatic rings. The second-order valence-electron chi connectivity index (χ2n) is 3.85. The number of amides is 1. The fourth-order valence-corrected chi connectivity index (χ4v) is 1.52. The summed E-state index contributed by atoms with van der Waals surface area (Å²) < 4.78 is 1.52. The number of aliphatic carboxylic acids is 1. The van der Waals surface area contributed by atoms with Crippen molar-refractivity contribution in [3.05, 3.63) is 42.2 Å². The minimum Gasteiger partial charge on any atom is -0.478 e. The second kappa shape index (κ2) is 5.74. The van der Waals surface area contributed by atoms with Crippen LogP contribution in [0.4, 0.5) is 5.69 Å². The average Bonchev–Trinajstić information content (AvgIpc) is 2.83. The lowest BCUT2D eigenvalue weighted by Crippen LogP contribution is -2.09. The van der Waals surface area contributed by atoms with Crippen LogP contribution in [0.2, 0.25) is 0 Å². The number of tetrazole rings is 1. The van der Waals surface area contributed by atoms with E-state index in [1.807, 2.05) is 0 Å². The first-order chi connectivity index (χ1) is 9.56. The summed E-state index contributed by atoms with van der Waals surface area (Å²) in [5.41, 5.74) is 1.20. The molecule has 0 bridgehead atoms. The van der Waals surface area contributed by atoms with Gasteiger partial charge in [-0.25, -0.2) is 4.79 Å². The van der Waals surface area contributed by atoms with Crippen molar-refractivity contribution in [3.63, 3.8) is 0 Å². The van der Waals surface area contributed by atoms with Crippen molar-refractivity contribution >= 4 is 17.6 Å². The molecule has 1 amide bonds. The van der Waals surface area contributed by atoms with E-state index in [9.17, 15) is 9.59 Å². The molecule has 0 fully saturated rings. The van der Waals surface area contributed by atoms with Crippen LogP contribution in [0.15, 0.2) is 36.4 Å². The number of aryl methyl sites for hydroxylation is 1. The number of aromatic nitrogens is 4. The van der Waals surface area contributed by atoms with Crippen LogP contribution < -0.4 is 5.32 Å². The van der Waals surface area contributed by atoms with E-state index in [0.29, 0.717) is 17.2 Å². The summed E-state index contributed by atoms with van der Waals surface area (Å²) in [6.45, 7) is 1.75. The average molecular weight is 273 g/mol. The predicted molar refractivity (Wildman–Crippen MR) is 69.3 cm³/mol. The van der Waals surface area contributed by atoms with Gasteiger partial charge in [-0.15, -0.1) is 5.10 Å². The fraction of sp³-hybridized carbons (Fsp3) is 0.0833. The maximum atomic E-state index is 11.5. The van der Waals surface area contributed by atoms with Crippen LogP contribution in [-0.4, -0.2) is 37.2 Å². The molecule has 20 heavy (non-hydrogen) atoms. The molecule has 0 spiro atoms. The van der Waals surface area contributed by atoms with E-state index in [0.717, 1.165) is 12.2 Å². The number of carboxylic acid groups (broad SMARTS) is 1. The minimum atomic E-state index is -1.18. The molecule has 1 heterocycles. The highest BCUT2D eigenvalue weighted by Crippen LogP contribution is 2.14. The van der Waals surface area contributed by atoms with Crippen LogP contribution in [0.1, 0.15) is 5.82 Å². The van der Waals surface area contributed by atoms with E-state index in [-0.39, 0.29) is 0 Å². The van der Waals surface area contributed by atoms with Gasteiger partial charge in [-0.1, -0.05) is 6.07 Å². The third kappa shape index (κ3) is 3.25. The largest absolute Gasteiger partial charge is 0.478 e. The maximum absolute atomic E-state index is 11.5. The highest BCUT2D eigenvalue weighted by molar-refractivity contribution is 6.02. The van der Waals surface area contributed by atoms with Gasteiger partial charge in [0.2, 0.25) is 5.91 Å². The summed E-state index contributed by atoms with van der Waals surface area (Å²) in [7, 11) is 0. The molecular weight excluding hydrogens is 262 g/mol. The van der Waals surface area contributed by atoms with Crippen molar-refractivity contribution in [2.24, 2.45) is 0 Å². The highest BCUT2D eigenvalue weighted by atomic mass is 16.4. The molecule has 0 aliphatic heterocycles. The molecule has 2 N–H and O–H groups in total. The molecule has 0 atom stereocenters. The van der Waals surface area contributed by atoms with E-state index in [1.165, 1.54) is 4.68 Å². The van der Waals surface area contributed by atoms with Crippen molar-refractivity contribution in [3.8, 4) is 5.69 Å². The van der Waals surface area contributed by atoms with Gasteiger partial charge in [0.15, 0.2) is 5.82 Å². The van der Waals surface area contributed by atoms with Crippen LogP contribution in [0, 0.1) is 6.92 Å². The monoisotopic (exact) mass is 273 g/mol. The third-order valence-electron chi connectivity index (χ3n) is 2.36. The molecule has 1 aromatic carbocycles. The summed E-state index contributed by atoms with van der Waals surface area (Å²) in [6, 6.07) is 6.87. The highest BCUT2D eigenvalue weighted by Gasteiger charge is 2.05. The zero-order chi connectivity index (χ0) is 14.5. The van der Waals surface area contributed by atoms with Gasteiger partial charge < -0.3 is 10.4 Å². The van der Waals surface area contributed by atoms with Gasteiger partial charge in [0.25, 0.3) is 0 Å².